The summed E-state index contributed by atoms with van der Waals surface area (Å²) < 4.78 is 101. The number of alkyl halides is 6. The lowest BCUT2D eigenvalue weighted by atomic mass is 10.1. The van der Waals surface area contributed by atoms with Crippen LogP contribution in [-0.4, -0.2) is 35.3 Å². The minimum Gasteiger partial charge on any atom is -0.329 e. The standard InChI is InChI=1S/C12H7F8NO3/c1-5(11(15,16)17)21(24-10(23)12(18,19)20)9(22)7-4-6(13)2-3-8(7)14/h2-5H,1H3/t5-/m0/s1. The van der Waals surface area contributed by atoms with Gasteiger partial charge in [0.15, 0.2) is 6.04 Å². The summed E-state index contributed by atoms with van der Waals surface area (Å²) in [6, 6.07) is -2.02. The van der Waals surface area contributed by atoms with E-state index in [0.29, 0.717) is 12.1 Å². The Labute approximate surface area is 128 Å². The molecule has 134 valence electrons. The third-order valence-electron chi connectivity index (χ3n) is 2.60. The maximum Gasteiger partial charge on any atom is 0.493 e. The van der Waals surface area contributed by atoms with Crippen molar-refractivity contribution in [2.75, 3.05) is 0 Å². The Bertz CT molecular complexity index is 640. The van der Waals surface area contributed by atoms with Crippen LogP contribution in [0.15, 0.2) is 18.2 Å². The third kappa shape index (κ3) is 4.55. The molecule has 0 aromatic heterocycles. The van der Waals surface area contributed by atoms with E-state index >= 15 is 0 Å². The molecule has 0 aliphatic rings. The van der Waals surface area contributed by atoms with E-state index in [9.17, 15) is 44.7 Å². The smallest absolute Gasteiger partial charge is 0.329 e. The summed E-state index contributed by atoms with van der Waals surface area (Å²) in [5.41, 5.74) is -1.35. The summed E-state index contributed by atoms with van der Waals surface area (Å²) >= 11 is 0. The van der Waals surface area contributed by atoms with E-state index in [1.807, 2.05) is 0 Å². The van der Waals surface area contributed by atoms with Crippen molar-refractivity contribution < 1.29 is 49.5 Å². The van der Waals surface area contributed by atoms with E-state index in [1.165, 1.54) is 0 Å². The predicted molar refractivity (Wildman–Crippen MR) is 60.2 cm³/mol. The Morgan fingerprint density at radius 2 is 1.62 bits per heavy atom. The zero-order chi connectivity index (χ0) is 18.9. The summed E-state index contributed by atoms with van der Waals surface area (Å²) in [7, 11) is 0. The van der Waals surface area contributed by atoms with Crippen molar-refractivity contribution in [3.63, 3.8) is 0 Å². The molecule has 1 aromatic carbocycles. The van der Waals surface area contributed by atoms with Crippen molar-refractivity contribution in [3.8, 4) is 0 Å². The van der Waals surface area contributed by atoms with E-state index in [2.05, 4.69) is 4.84 Å². The second kappa shape index (κ2) is 6.61. The number of halogens is 8. The molecule has 1 rings (SSSR count). The second-order valence-corrected chi connectivity index (χ2v) is 4.35. The van der Waals surface area contributed by atoms with E-state index < -0.39 is 52.5 Å². The van der Waals surface area contributed by atoms with E-state index in [0.717, 1.165) is 0 Å². The number of carbonyl (C=O) groups is 2. The fourth-order valence-corrected chi connectivity index (χ4v) is 1.35. The highest BCUT2D eigenvalue weighted by Crippen LogP contribution is 2.28. The molecule has 0 fully saturated rings. The number of hydroxylamine groups is 2. The van der Waals surface area contributed by atoms with Crippen molar-refractivity contribution in [2.45, 2.75) is 25.3 Å². The number of nitrogens with zero attached hydrogens (tertiary/aromatic N) is 1. The van der Waals surface area contributed by atoms with Crippen molar-refractivity contribution in [1.29, 1.82) is 0 Å². The molecule has 0 N–H and O–H groups in total. The van der Waals surface area contributed by atoms with Gasteiger partial charge in [-0.3, -0.25) is 4.79 Å². The fraction of sp³-hybridized carbons (Fsp3) is 0.333. The first-order valence-corrected chi connectivity index (χ1v) is 5.89. The fourth-order valence-electron chi connectivity index (χ4n) is 1.35. The highest BCUT2D eigenvalue weighted by atomic mass is 19.4. The minimum absolute atomic E-state index is 0.148. The number of rotatable bonds is 2. The molecule has 0 unspecified atom stereocenters. The van der Waals surface area contributed by atoms with Crippen LogP contribution in [0.5, 0.6) is 0 Å². The highest BCUT2D eigenvalue weighted by Gasteiger charge is 2.49. The van der Waals surface area contributed by atoms with Gasteiger partial charge in [0.25, 0.3) is 5.91 Å². The first-order chi connectivity index (χ1) is 10.7. The Balaban J connectivity index is 3.29. The van der Waals surface area contributed by atoms with Crippen LogP contribution in [0, 0.1) is 11.6 Å². The Hall–Kier alpha value is -2.40. The SMILES string of the molecule is C[C@H](N(OC(=O)C(F)(F)F)C(=O)c1cc(F)ccc1F)C(F)(F)F. The minimum atomic E-state index is -5.72. The van der Waals surface area contributed by atoms with E-state index in [-0.39, 0.29) is 13.0 Å². The number of benzene rings is 1. The monoisotopic (exact) mass is 365 g/mol. The van der Waals surface area contributed by atoms with E-state index in [4.69, 9.17) is 0 Å². The molecule has 1 aromatic rings. The van der Waals surface area contributed by atoms with Gasteiger partial charge in [-0.25, -0.2) is 13.6 Å². The van der Waals surface area contributed by atoms with Crippen LogP contribution in [-0.2, 0) is 9.63 Å². The number of amides is 1. The van der Waals surface area contributed by atoms with Gasteiger partial charge in [-0.2, -0.15) is 31.4 Å². The normalized spacial score (nSPS) is 13.4. The molecular formula is C12H7F8NO3. The van der Waals surface area contributed by atoms with Crippen LogP contribution >= 0.6 is 0 Å². The zero-order valence-corrected chi connectivity index (χ0v) is 11.5. The zero-order valence-electron chi connectivity index (χ0n) is 11.5. The predicted octanol–water partition coefficient (Wildman–Crippen LogP) is 3.38. The van der Waals surface area contributed by atoms with Crippen molar-refractivity contribution >= 4 is 11.9 Å². The molecule has 1 amide bonds. The molecule has 1 atom stereocenters. The highest BCUT2D eigenvalue weighted by molar-refractivity contribution is 5.95. The average Bonchev–Trinajstić information content (AvgIpc) is 2.43. The maximum absolute atomic E-state index is 13.5. The van der Waals surface area contributed by atoms with Crippen LogP contribution in [0.25, 0.3) is 0 Å². The van der Waals surface area contributed by atoms with Crippen LogP contribution in [0.3, 0.4) is 0 Å². The topological polar surface area (TPSA) is 46.6 Å². The molecule has 0 bridgehead atoms. The van der Waals surface area contributed by atoms with Crippen molar-refractivity contribution in [2.24, 2.45) is 0 Å². The maximum atomic E-state index is 13.5. The van der Waals surface area contributed by atoms with Crippen LogP contribution in [0.2, 0.25) is 0 Å². The molecule has 0 aliphatic carbocycles. The van der Waals surface area contributed by atoms with Gasteiger partial charge in [0.05, 0.1) is 5.56 Å². The van der Waals surface area contributed by atoms with Gasteiger partial charge >= 0.3 is 18.3 Å². The van der Waals surface area contributed by atoms with Crippen LogP contribution in [0.1, 0.15) is 17.3 Å². The molecule has 0 saturated carbocycles. The summed E-state index contributed by atoms with van der Waals surface area (Å²) in [4.78, 5) is 26.0. The Morgan fingerprint density at radius 1 is 1.08 bits per heavy atom. The summed E-state index contributed by atoms with van der Waals surface area (Å²) in [6.45, 7) is 0.193. The molecule has 0 radical (unpaired) electrons. The summed E-state index contributed by atoms with van der Waals surface area (Å²) in [5.74, 6) is -8.02. The Morgan fingerprint density at radius 3 is 2.08 bits per heavy atom. The second-order valence-electron chi connectivity index (χ2n) is 4.35. The summed E-state index contributed by atoms with van der Waals surface area (Å²) in [6.07, 6.45) is -11.0. The van der Waals surface area contributed by atoms with Crippen LogP contribution in [0.4, 0.5) is 35.1 Å². The first kappa shape index (κ1) is 19.6. The quantitative estimate of drug-likeness (QED) is 0.596. The summed E-state index contributed by atoms with van der Waals surface area (Å²) in [5, 5.41) is -1.01. The van der Waals surface area contributed by atoms with Gasteiger partial charge in [0, 0.05) is 0 Å². The molecule has 0 spiro atoms. The number of hydrogen-bond acceptors (Lipinski definition) is 3. The molecule has 0 heterocycles. The molecule has 4 nitrogen and oxygen atoms in total. The molecule has 0 saturated heterocycles. The van der Waals surface area contributed by atoms with Crippen molar-refractivity contribution in [3.05, 3.63) is 35.4 Å². The van der Waals surface area contributed by atoms with Crippen molar-refractivity contribution in [1.82, 2.24) is 5.06 Å². The van der Waals surface area contributed by atoms with Gasteiger partial charge in [-0.15, -0.1) is 0 Å². The van der Waals surface area contributed by atoms with Gasteiger partial charge in [0.1, 0.15) is 11.6 Å². The van der Waals surface area contributed by atoms with Gasteiger partial charge in [0.2, 0.25) is 0 Å². The van der Waals surface area contributed by atoms with Gasteiger partial charge in [-0.1, -0.05) is 0 Å². The number of hydrogen-bond donors (Lipinski definition) is 0. The van der Waals surface area contributed by atoms with Gasteiger partial charge < -0.3 is 4.84 Å². The van der Waals surface area contributed by atoms with E-state index in [1.54, 1.807) is 0 Å². The number of carbonyl (C=O) groups excluding carboxylic acids is 2. The third-order valence-corrected chi connectivity index (χ3v) is 2.60. The average molecular weight is 365 g/mol. The molecule has 12 heteroatoms. The Kier molecular flexibility index (Phi) is 5.41. The lowest BCUT2D eigenvalue weighted by Crippen LogP contribution is -2.49. The lowest BCUT2D eigenvalue weighted by molar-refractivity contribution is -0.263. The van der Waals surface area contributed by atoms with Crippen LogP contribution < -0.4 is 0 Å². The van der Waals surface area contributed by atoms with Gasteiger partial charge in [-0.05, 0) is 25.1 Å². The lowest BCUT2D eigenvalue weighted by Gasteiger charge is -2.28. The molecule has 24 heavy (non-hydrogen) atoms. The largest absolute Gasteiger partial charge is 0.493 e. The molecular weight excluding hydrogens is 358 g/mol. The molecule has 0 aliphatic heterocycles. The first-order valence-electron chi connectivity index (χ1n) is 5.89.